The molecule has 3 heteroatoms. The molecule has 1 aromatic carbocycles. The van der Waals surface area contributed by atoms with Gasteiger partial charge in [0.05, 0.1) is 0 Å². The van der Waals surface area contributed by atoms with Crippen molar-refractivity contribution < 1.29 is 0 Å². The van der Waals surface area contributed by atoms with Gasteiger partial charge in [-0.3, -0.25) is 0 Å². The number of nitrogens with one attached hydrogen (secondary N) is 1. The van der Waals surface area contributed by atoms with E-state index in [0.717, 1.165) is 11.3 Å². The van der Waals surface area contributed by atoms with E-state index >= 15 is 0 Å². The van der Waals surface area contributed by atoms with Gasteiger partial charge in [0, 0.05) is 16.8 Å². The summed E-state index contributed by atoms with van der Waals surface area (Å²) >= 11 is 5.13. The van der Waals surface area contributed by atoms with Gasteiger partial charge in [-0.05, 0) is 44.4 Å². The third-order valence-electron chi connectivity index (χ3n) is 3.83. The molecule has 1 fully saturated rings. The first kappa shape index (κ1) is 13.3. The molecule has 0 saturated heterocycles. The summed E-state index contributed by atoms with van der Waals surface area (Å²) < 4.78 is 0. The van der Waals surface area contributed by atoms with Crippen LogP contribution in [0, 0.1) is 6.92 Å². The normalized spacial score (nSPS) is 18.3. The van der Waals surface area contributed by atoms with Crippen LogP contribution >= 0.6 is 12.2 Å². The van der Waals surface area contributed by atoms with Gasteiger partial charge in [0.1, 0.15) is 4.99 Å². The summed E-state index contributed by atoms with van der Waals surface area (Å²) in [7, 11) is 0. The summed E-state index contributed by atoms with van der Waals surface area (Å²) in [4.78, 5) is 0.469. The molecule has 0 unspecified atom stereocenters. The van der Waals surface area contributed by atoms with Crippen LogP contribution in [0.5, 0.6) is 0 Å². The summed E-state index contributed by atoms with van der Waals surface area (Å²) in [5.41, 5.74) is 9.27. The summed E-state index contributed by atoms with van der Waals surface area (Å²) in [5, 5.41) is 3.68. The number of anilines is 1. The molecule has 0 bridgehead atoms. The molecule has 0 amide bonds. The standard InChI is InChI=1S/C15H22N2S/c1-11-6-7-12(14(16)18)13(10-11)17-15(2)8-4-3-5-9-15/h6-7,10,17H,3-5,8-9H2,1-2H3,(H2,16,18). The van der Waals surface area contributed by atoms with Gasteiger partial charge in [-0.1, -0.05) is 37.5 Å². The third kappa shape index (κ3) is 3.02. The van der Waals surface area contributed by atoms with Crippen molar-refractivity contribution in [1.82, 2.24) is 0 Å². The van der Waals surface area contributed by atoms with E-state index in [2.05, 4.69) is 31.3 Å². The predicted molar refractivity (Wildman–Crippen MR) is 82.2 cm³/mol. The van der Waals surface area contributed by atoms with Crippen LogP contribution in [0.1, 0.15) is 50.2 Å². The Morgan fingerprint density at radius 2 is 1.94 bits per heavy atom. The fourth-order valence-corrected chi connectivity index (χ4v) is 2.94. The van der Waals surface area contributed by atoms with E-state index < -0.39 is 0 Å². The number of hydrogen-bond donors (Lipinski definition) is 2. The van der Waals surface area contributed by atoms with E-state index in [9.17, 15) is 0 Å². The summed E-state index contributed by atoms with van der Waals surface area (Å²) in [6.45, 7) is 4.40. The van der Waals surface area contributed by atoms with Gasteiger partial charge < -0.3 is 11.1 Å². The third-order valence-corrected chi connectivity index (χ3v) is 4.05. The van der Waals surface area contributed by atoms with Crippen molar-refractivity contribution in [3.8, 4) is 0 Å². The number of thiocarbonyl (C=S) groups is 1. The van der Waals surface area contributed by atoms with Crippen LogP contribution in [-0.2, 0) is 0 Å². The maximum atomic E-state index is 5.80. The van der Waals surface area contributed by atoms with Crippen molar-refractivity contribution in [1.29, 1.82) is 0 Å². The fourth-order valence-electron chi connectivity index (χ4n) is 2.76. The fraction of sp³-hybridized carbons (Fsp3) is 0.533. The molecule has 0 aromatic heterocycles. The van der Waals surface area contributed by atoms with E-state index in [1.165, 1.54) is 37.7 Å². The second kappa shape index (κ2) is 5.27. The Bertz CT molecular complexity index is 448. The first-order chi connectivity index (χ1) is 8.50. The van der Waals surface area contributed by atoms with Gasteiger partial charge in [0.25, 0.3) is 0 Å². The van der Waals surface area contributed by atoms with Gasteiger partial charge in [-0.2, -0.15) is 0 Å². The summed E-state index contributed by atoms with van der Waals surface area (Å²) in [6, 6.07) is 6.23. The van der Waals surface area contributed by atoms with Crippen molar-refractivity contribution in [2.24, 2.45) is 5.73 Å². The molecule has 98 valence electrons. The Hall–Kier alpha value is -1.09. The minimum absolute atomic E-state index is 0.186. The zero-order chi connectivity index (χ0) is 13.2. The quantitative estimate of drug-likeness (QED) is 0.814. The number of nitrogens with two attached hydrogens (primary N) is 1. The van der Waals surface area contributed by atoms with Crippen molar-refractivity contribution >= 4 is 22.9 Å². The van der Waals surface area contributed by atoms with E-state index in [0.29, 0.717) is 4.99 Å². The van der Waals surface area contributed by atoms with Crippen molar-refractivity contribution in [2.75, 3.05) is 5.32 Å². The zero-order valence-electron chi connectivity index (χ0n) is 11.3. The van der Waals surface area contributed by atoms with Gasteiger partial charge >= 0.3 is 0 Å². The average Bonchev–Trinajstić information content (AvgIpc) is 2.28. The molecule has 1 saturated carbocycles. The lowest BCUT2D eigenvalue weighted by Crippen LogP contribution is -2.37. The van der Waals surface area contributed by atoms with E-state index in [-0.39, 0.29) is 5.54 Å². The number of benzene rings is 1. The van der Waals surface area contributed by atoms with Gasteiger partial charge in [-0.25, -0.2) is 0 Å². The van der Waals surface area contributed by atoms with E-state index in [1.54, 1.807) is 0 Å². The van der Waals surface area contributed by atoms with E-state index in [1.807, 2.05) is 6.07 Å². The van der Waals surface area contributed by atoms with Crippen LogP contribution in [0.4, 0.5) is 5.69 Å². The molecule has 0 radical (unpaired) electrons. The molecule has 2 rings (SSSR count). The smallest absolute Gasteiger partial charge is 0.106 e. The zero-order valence-corrected chi connectivity index (χ0v) is 12.1. The Kier molecular flexibility index (Phi) is 3.91. The monoisotopic (exact) mass is 262 g/mol. The summed E-state index contributed by atoms with van der Waals surface area (Å²) in [6.07, 6.45) is 6.40. The lowest BCUT2D eigenvalue weighted by molar-refractivity contribution is 0.349. The molecule has 0 aliphatic heterocycles. The van der Waals surface area contributed by atoms with Crippen molar-refractivity contribution in [3.05, 3.63) is 29.3 Å². The Morgan fingerprint density at radius 3 is 2.56 bits per heavy atom. The Balaban J connectivity index is 2.26. The highest BCUT2D eigenvalue weighted by molar-refractivity contribution is 7.80. The summed E-state index contributed by atoms with van der Waals surface area (Å²) in [5.74, 6) is 0. The Labute approximate surface area is 115 Å². The van der Waals surface area contributed by atoms with Gasteiger partial charge in [-0.15, -0.1) is 0 Å². The van der Waals surface area contributed by atoms with Crippen LogP contribution in [0.2, 0.25) is 0 Å². The van der Waals surface area contributed by atoms with Crippen LogP contribution < -0.4 is 11.1 Å². The minimum Gasteiger partial charge on any atom is -0.389 e. The van der Waals surface area contributed by atoms with Crippen LogP contribution in [0.15, 0.2) is 18.2 Å². The maximum Gasteiger partial charge on any atom is 0.106 e. The Morgan fingerprint density at radius 1 is 1.28 bits per heavy atom. The molecule has 0 atom stereocenters. The van der Waals surface area contributed by atoms with Gasteiger partial charge in [0.15, 0.2) is 0 Å². The molecule has 18 heavy (non-hydrogen) atoms. The maximum absolute atomic E-state index is 5.80. The molecule has 0 heterocycles. The number of rotatable bonds is 3. The molecule has 1 aliphatic rings. The SMILES string of the molecule is Cc1ccc(C(N)=S)c(NC2(C)CCCCC2)c1. The largest absolute Gasteiger partial charge is 0.389 e. The highest BCUT2D eigenvalue weighted by atomic mass is 32.1. The molecule has 2 nitrogen and oxygen atoms in total. The van der Waals surface area contributed by atoms with Gasteiger partial charge in [0.2, 0.25) is 0 Å². The highest BCUT2D eigenvalue weighted by Crippen LogP contribution is 2.32. The molecule has 0 spiro atoms. The van der Waals surface area contributed by atoms with Crippen LogP contribution in [0.25, 0.3) is 0 Å². The lowest BCUT2D eigenvalue weighted by Gasteiger charge is -2.36. The van der Waals surface area contributed by atoms with Crippen LogP contribution in [0.3, 0.4) is 0 Å². The second-order valence-corrected chi connectivity index (χ2v) is 6.10. The van der Waals surface area contributed by atoms with E-state index in [4.69, 9.17) is 18.0 Å². The molecule has 1 aromatic rings. The molecule has 3 N–H and O–H groups in total. The lowest BCUT2D eigenvalue weighted by atomic mass is 9.83. The minimum atomic E-state index is 0.186. The van der Waals surface area contributed by atoms with Crippen molar-refractivity contribution in [3.63, 3.8) is 0 Å². The number of aryl methyl sites for hydroxylation is 1. The topological polar surface area (TPSA) is 38.0 Å². The second-order valence-electron chi connectivity index (χ2n) is 5.66. The molecular formula is C15H22N2S. The molecule has 1 aliphatic carbocycles. The van der Waals surface area contributed by atoms with Crippen LogP contribution in [-0.4, -0.2) is 10.5 Å². The predicted octanol–water partition coefficient (Wildman–Crippen LogP) is 3.76. The average molecular weight is 262 g/mol. The highest BCUT2D eigenvalue weighted by Gasteiger charge is 2.27. The molecular weight excluding hydrogens is 240 g/mol. The van der Waals surface area contributed by atoms with Crippen molar-refractivity contribution in [2.45, 2.75) is 51.5 Å². The first-order valence-corrected chi connectivity index (χ1v) is 7.10. The first-order valence-electron chi connectivity index (χ1n) is 6.69. The number of hydrogen-bond acceptors (Lipinski definition) is 2.